The van der Waals surface area contributed by atoms with Gasteiger partial charge in [-0.3, -0.25) is 0 Å². The van der Waals surface area contributed by atoms with Crippen molar-refractivity contribution in [3.8, 4) is 0 Å². The zero-order valence-corrected chi connectivity index (χ0v) is 9.97. The minimum atomic E-state index is 1.01. The van der Waals surface area contributed by atoms with E-state index < -0.39 is 0 Å². The number of allylic oxidation sites excluding steroid dienone is 2. The summed E-state index contributed by atoms with van der Waals surface area (Å²) in [5.41, 5.74) is 0. The number of hydrogen-bond acceptors (Lipinski definition) is 0. The van der Waals surface area contributed by atoms with Gasteiger partial charge in [-0.25, -0.2) is 0 Å². The molecule has 1 aliphatic carbocycles. The Morgan fingerprint density at radius 3 is 1.64 bits per heavy atom. The van der Waals surface area contributed by atoms with E-state index in [1.54, 1.807) is 0 Å². The molecule has 0 radical (unpaired) electrons. The predicted octanol–water partition coefficient (Wildman–Crippen LogP) is 4.95. The second-order valence-corrected chi connectivity index (χ2v) is 4.75. The summed E-state index contributed by atoms with van der Waals surface area (Å²) in [6.45, 7) is 4.61. The Morgan fingerprint density at radius 2 is 1.29 bits per heavy atom. The quantitative estimate of drug-likeness (QED) is 0.525. The van der Waals surface area contributed by atoms with Gasteiger partial charge in [-0.05, 0) is 37.5 Å². The summed E-state index contributed by atoms with van der Waals surface area (Å²) in [5.74, 6) is 2.01. The fourth-order valence-electron chi connectivity index (χ4n) is 2.57. The monoisotopic (exact) mass is 194 g/mol. The van der Waals surface area contributed by atoms with E-state index >= 15 is 0 Å². The lowest BCUT2D eigenvalue weighted by Crippen LogP contribution is -2.16. The van der Waals surface area contributed by atoms with Gasteiger partial charge >= 0.3 is 0 Å². The molecule has 2 unspecified atom stereocenters. The van der Waals surface area contributed by atoms with Crippen LogP contribution in [0.25, 0.3) is 0 Å². The van der Waals surface area contributed by atoms with E-state index in [4.69, 9.17) is 0 Å². The third-order valence-corrected chi connectivity index (χ3v) is 3.57. The molecule has 0 spiro atoms. The SMILES string of the molecule is CCCCC1CC=CCC1CCCC. The molecule has 0 nitrogen and oxygen atoms in total. The fourth-order valence-corrected chi connectivity index (χ4v) is 2.57. The Hall–Kier alpha value is -0.260. The van der Waals surface area contributed by atoms with Gasteiger partial charge in [0.25, 0.3) is 0 Å². The van der Waals surface area contributed by atoms with Crippen LogP contribution in [0.3, 0.4) is 0 Å². The number of hydrogen-bond donors (Lipinski definition) is 0. The minimum absolute atomic E-state index is 1.01. The second kappa shape index (κ2) is 7.09. The van der Waals surface area contributed by atoms with Crippen molar-refractivity contribution >= 4 is 0 Å². The van der Waals surface area contributed by atoms with Gasteiger partial charge in [-0.2, -0.15) is 0 Å². The third-order valence-electron chi connectivity index (χ3n) is 3.57. The minimum Gasteiger partial charge on any atom is -0.0882 e. The molecule has 0 aliphatic heterocycles. The summed E-state index contributed by atoms with van der Waals surface area (Å²) in [7, 11) is 0. The normalized spacial score (nSPS) is 26.7. The fraction of sp³-hybridized carbons (Fsp3) is 0.857. The molecule has 0 saturated heterocycles. The van der Waals surface area contributed by atoms with Crippen LogP contribution in [0, 0.1) is 11.8 Å². The molecule has 0 aromatic rings. The highest BCUT2D eigenvalue weighted by atomic mass is 14.3. The summed E-state index contributed by atoms with van der Waals surface area (Å²) in [4.78, 5) is 0. The van der Waals surface area contributed by atoms with E-state index in [-0.39, 0.29) is 0 Å². The maximum absolute atomic E-state index is 2.41. The molecule has 0 aromatic carbocycles. The second-order valence-electron chi connectivity index (χ2n) is 4.75. The molecule has 1 rings (SSSR count). The lowest BCUT2D eigenvalue weighted by molar-refractivity contribution is 0.275. The van der Waals surface area contributed by atoms with Gasteiger partial charge in [-0.15, -0.1) is 0 Å². The van der Waals surface area contributed by atoms with Gasteiger partial charge in [-0.1, -0.05) is 51.7 Å². The van der Waals surface area contributed by atoms with Gasteiger partial charge in [0.2, 0.25) is 0 Å². The van der Waals surface area contributed by atoms with Gasteiger partial charge in [0.15, 0.2) is 0 Å². The van der Waals surface area contributed by atoms with Crippen LogP contribution < -0.4 is 0 Å². The first-order chi connectivity index (χ1) is 6.88. The molecule has 1 aliphatic rings. The van der Waals surface area contributed by atoms with Crippen LogP contribution in [0.2, 0.25) is 0 Å². The van der Waals surface area contributed by atoms with Crippen LogP contribution in [0.1, 0.15) is 65.2 Å². The largest absolute Gasteiger partial charge is 0.0882 e. The van der Waals surface area contributed by atoms with Crippen LogP contribution in [0.5, 0.6) is 0 Å². The smallest absolute Gasteiger partial charge is 0.0319 e. The molecule has 82 valence electrons. The standard InChI is InChI=1S/C14H26/c1-3-5-9-13-11-7-8-12-14(13)10-6-4-2/h7-8,13-14H,3-6,9-12H2,1-2H3. The molecule has 0 N–H and O–H groups in total. The molecule has 0 aromatic heterocycles. The molecular weight excluding hydrogens is 168 g/mol. The van der Waals surface area contributed by atoms with Gasteiger partial charge in [0.05, 0.1) is 0 Å². The molecule has 0 saturated carbocycles. The molecular formula is C14H26. The van der Waals surface area contributed by atoms with Crippen molar-refractivity contribution < 1.29 is 0 Å². The Bertz CT molecular complexity index is 139. The average Bonchev–Trinajstić information content (AvgIpc) is 2.24. The summed E-state index contributed by atoms with van der Waals surface area (Å²) < 4.78 is 0. The van der Waals surface area contributed by atoms with E-state index in [9.17, 15) is 0 Å². The maximum Gasteiger partial charge on any atom is -0.0319 e. The van der Waals surface area contributed by atoms with Crippen LogP contribution in [0.4, 0.5) is 0 Å². The summed E-state index contributed by atoms with van der Waals surface area (Å²) in [5, 5.41) is 0. The van der Waals surface area contributed by atoms with Crippen molar-refractivity contribution in [1.29, 1.82) is 0 Å². The first kappa shape index (κ1) is 11.8. The van der Waals surface area contributed by atoms with Crippen molar-refractivity contribution in [3.63, 3.8) is 0 Å². The zero-order chi connectivity index (χ0) is 10.2. The van der Waals surface area contributed by atoms with Crippen molar-refractivity contribution in [2.24, 2.45) is 11.8 Å². The Balaban J connectivity index is 2.31. The summed E-state index contributed by atoms with van der Waals surface area (Å²) >= 11 is 0. The van der Waals surface area contributed by atoms with Crippen molar-refractivity contribution in [2.45, 2.75) is 65.2 Å². The third kappa shape index (κ3) is 3.86. The lowest BCUT2D eigenvalue weighted by Gasteiger charge is -2.28. The average molecular weight is 194 g/mol. The first-order valence-electron chi connectivity index (χ1n) is 6.53. The highest BCUT2D eigenvalue weighted by molar-refractivity contribution is 4.94. The van der Waals surface area contributed by atoms with Crippen molar-refractivity contribution in [3.05, 3.63) is 12.2 Å². The van der Waals surface area contributed by atoms with Gasteiger partial charge < -0.3 is 0 Å². The molecule has 0 heterocycles. The van der Waals surface area contributed by atoms with Crippen molar-refractivity contribution in [2.75, 3.05) is 0 Å². The molecule has 0 bridgehead atoms. The Labute approximate surface area is 89.8 Å². The van der Waals surface area contributed by atoms with Crippen LogP contribution >= 0.6 is 0 Å². The number of unbranched alkanes of at least 4 members (excludes halogenated alkanes) is 2. The first-order valence-corrected chi connectivity index (χ1v) is 6.53. The maximum atomic E-state index is 2.41. The zero-order valence-electron chi connectivity index (χ0n) is 9.97. The topological polar surface area (TPSA) is 0 Å². The predicted molar refractivity (Wildman–Crippen MR) is 64.4 cm³/mol. The van der Waals surface area contributed by atoms with E-state index in [2.05, 4.69) is 26.0 Å². The highest BCUT2D eigenvalue weighted by Gasteiger charge is 2.20. The Kier molecular flexibility index (Phi) is 5.98. The number of rotatable bonds is 6. The summed E-state index contributed by atoms with van der Waals surface area (Å²) in [6, 6.07) is 0. The van der Waals surface area contributed by atoms with Gasteiger partial charge in [0.1, 0.15) is 0 Å². The van der Waals surface area contributed by atoms with Crippen LogP contribution in [-0.2, 0) is 0 Å². The van der Waals surface area contributed by atoms with Gasteiger partial charge in [0, 0.05) is 0 Å². The van der Waals surface area contributed by atoms with Crippen LogP contribution in [-0.4, -0.2) is 0 Å². The molecule has 0 amide bonds. The van der Waals surface area contributed by atoms with Crippen LogP contribution in [0.15, 0.2) is 12.2 Å². The highest BCUT2D eigenvalue weighted by Crippen LogP contribution is 2.33. The lowest BCUT2D eigenvalue weighted by atomic mass is 9.77. The van der Waals surface area contributed by atoms with E-state index in [0.29, 0.717) is 0 Å². The molecule has 0 heteroatoms. The molecule has 14 heavy (non-hydrogen) atoms. The van der Waals surface area contributed by atoms with E-state index in [1.807, 2.05) is 0 Å². The van der Waals surface area contributed by atoms with Crippen molar-refractivity contribution in [1.82, 2.24) is 0 Å². The molecule has 2 atom stereocenters. The Morgan fingerprint density at radius 1 is 0.857 bits per heavy atom. The van der Waals surface area contributed by atoms with E-state index in [1.165, 1.54) is 51.4 Å². The van der Waals surface area contributed by atoms with E-state index in [0.717, 1.165) is 11.8 Å². The summed E-state index contributed by atoms with van der Waals surface area (Å²) in [6.07, 6.45) is 16.0. The molecule has 0 fully saturated rings.